The third kappa shape index (κ3) is 4.40. The van der Waals surface area contributed by atoms with Crippen molar-refractivity contribution in [2.45, 2.75) is 45.0 Å². The van der Waals surface area contributed by atoms with Crippen LogP contribution in [-0.4, -0.2) is 25.4 Å². The molecule has 0 atom stereocenters. The third-order valence-electron chi connectivity index (χ3n) is 4.01. The van der Waals surface area contributed by atoms with Crippen LogP contribution in [0.4, 0.5) is 26.3 Å². The number of ether oxygens (including phenoxy) is 1. The standard InChI is InChI=1S/C18H20F6O2/c1-15(2,3)13-9-7-12(8-10-13)6-5-11-16(14(25)26-4,17(19,20)21)18(22,23)24/h5-10H,11H2,1-4H3/b6-5-. The largest absolute Gasteiger partial charge is 0.468 e. The Bertz CT molecular complexity index is 634. The van der Waals surface area contributed by atoms with E-state index in [9.17, 15) is 31.1 Å². The van der Waals surface area contributed by atoms with Crippen molar-refractivity contribution in [3.63, 3.8) is 0 Å². The molecule has 0 spiro atoms. The van der Waals surface area contributed by atoms with Gasteiger partial charge in [-0.2, -0.15) is 26.3 Å². The lowest BCUT2D eigenvalue weighted by Crippen LogP contribution is -2.55. The van der Waals surface area contributed by atoms with E-state index in [2.05, 4.69) is 4.74 Å². The number of allylic oxidation sites excluding steroid dienone is 1. The SMILES string of the molecule is COC(=O)C(C/C=C\c1ccc(C(C)(C)C)cc1)(C(F)(F)F)C(F)(F)F. The van der Waals surface area contributed by atoms with Crippen LogP contribution >= 0.6 is 0 Å². The maximum atomic E-state index is 13.2. The summed E-state index contributed by atoms with van der Waals surface area (Å²) in [6.07, 6.45) is -11.5. The zero-order chi connectivity index (χ0) is 20.4. The molecular formula is C18H20F6O2. The molecule has 0 N–H and O–H groups in total. The average molecular weight is 382 g/mol. The van der Waals surface area contributed by atoms with Crippen molar-refractivity contribution in [3.05, 3.63) is 41.5 Å². The average Bonchev–Trinajstić information content (AvgIpc) is 2.48. The first-order valence-corrected chi connectivity index (χ1v) is 7.66. The number of benzene rings is 1. The van der Waals surface area contributed by atoms with Crippen LogP contribution in [-0.2, 0) is 14.9 Å². The fraction of sp³-hybridized carbons (Fsp3) is 0.500. The van der Waals surface area contributed by atoms with Crippen molar-refractivity contribution in [2.24, 2.45) is 5.41 Å². The van der Waals surface area contributed by atoms with Crippen molar-refractivity contribution in [1.82, 2.24) is 0 Å². The zero-order valence-corrected chi connectivity index (χ0v) is 14.8. The molecule has 0 fully saturated rings. The normalized spacial score (nSPS) is 13.9. The van der Waals surface area contributed by atoms with Crippen LogP contribution in [0.25, 0.3) is 6.08 Å². The minimum Gasteiger partial charge on any atom is -0.468 e. The molecule has 0 radical (unpaired) electrons. The summed E-state index contributed by atoms with van der Waals surface area (Å²) >= 11 is 0. The topological polar surface area (TPSA) is 26.3 Å². The summed E-state index contributed by atoms with van der Waals surface area (Å²) in [5.41, 5.74) is -3.36. The molecule has 0 aliphatic rings. The molecule has 0 saturated heterocycles. The number of carbonyl (C=O) groups excluding carboxylic acids is 1. The third-order valence-corrected chi connectivity index (χ3v) is 4.01. The Hall–Kier alpha value is -1.99. The highest BCUT2D eigenvalue weighted by molar-refractivity contribution is 5.79. The van der Waals surface area contributed by atoms with E-state index in [0.717, 1.165) is 11.6 Å². The summed E-state index contributed by atoms with van der Waals surface area (Å²) in [5.74, 6) is -2.38. The maximum absolute atomic E-state index is 13.2. The van der Waals surface area contributed by atoms with E-state index in [0.29, 0.717) is 18.7 Å². The van der Waals surface area contributed by atoms with Gasteiger partial charge in [0.15, 0.2) is 0 Å². The van der Waals surface area contributed by atoms with Crippen LogP contribution in [0, 0.1) is 5.41 Å². The smallest absolute Gasteiger partial charge is 0.414 e. The van der Waals surface area contributed by atoms with Gasteiger partial charge in [-0.25, -0.2) is 0 Å². The second-order valence-corrected chi connectivity index (χ2v) is 6.87. The Morgan fingerprint density at radius 1 is 0.962 bits per heavy atom. The van der Waals surface area contributed by atoms with Crippen LogP contribution in [0.2, 0.25) is 0 Å². The lowest BCUT2D eigenvalue weighted by atomic mass is 9.82. The van der Waals surface area contributed by atoms with E-state index in [4.69, 9.17) is 0 Å². The molecule has 0 aliphatic heterocycles. The predicted molar refractivity (Wildman–Crippen MR) is 85.4 cm³/mol. The molecule has 146 valence electrons. The number of halogens is 6. The first-order chi connectivity index (χ1) is 11.7. The minimum absolute atomic E-state index is 0.144. The number of methoxy groups -OCH3 is 1. The highest BCUT2D eigenvalue weighted by atomic mass is 19.4. The minimum atomic E-state index is -5.85. The van der Waals surface area contributed by atoms with Crippen LogP contribution in [0.3, 0.4) is 0 Å². The number of hydrogen-bond acceptors (Lipinski definition) is 2. The molecule has 0 heterocycles. The predicted octanol–water partition coefficient (Wildman–Crippen LogP) is 5.67. The molecule has 0 aliphatic carbocycles. The Balaban J connectivity index is 3.18. The molecule has 0 bridgehead atoms. The number of alkyl halides is 6. The van der Waals surface area contributed by atoms with E-state index >= 15 is 0 Å². The van der Waals surface area contributed by atoms with Gasteiger partial charge in [-0.15, -0.1) is 0 Å². The van der Waals surface area contributed by atoms with Crippen LogP contribution in [0.1, 0.15) is 38.3 Å². The van der Waals surface area contributed by atoms with Gasteiger partial charge in [-0.1, -0.05) is 57.2 Å². The summed E-state index contributed by atoms with van der Waals surface area (Å²) < 4.78 is 82.8. The molecule has 0 aromatic heterocycles. The van der Waals surface area contributed by atoms with Gasteiger partial charge in [0.1, 0.15) is 0 Å². The Labute approximate surface area is 147 Å². The summed E-state index contributed by atoms with van der Waals surface area (Å²) in [4.78, 5) is 11.4. The van der Waals surface area contributed by atoms with Crippen LogP contribution < -0.4 is 0 Å². The first-order valence-electron chi connectivity index (χ1n) is 7.66. The Morgan fingerprint density at radius 3 is 1.77 bits per heavy atom. The van der Waals surface area contributed by atoms with Gasteiger partial charge >= 0.3 is 18.3 Å². The first kappa shape index (κ1) is 22.1. The van der Waals surface area contributed by atoms with Gasteiger partial charge in [-0.05, 0) is 23.0 Å². The van der Waals surface area contributed by atoms with Crippen molar-refractivity contribution >= 4 is 12.0 Å². The Morgan fingerprint density at radius 2 is 1.42 bits per heavy atom. The zero-order valence-electron chi connectivity index (χ0n) is 14.8. The summed E-state index contributed by atoms with van der Waals surface area (Å²) in [6.45, 7) is 5.90. The summed E-state index contributed by atoms with van der Waals surface area (Å²) in [5, 5.41) is 0. The molecule has 0 unspecified atom stereocenters. The molecule has 0 saturated carbocycles. The van der Waals surface area contributed by atoms with Gasteiger partial charge in [0.05, 0.1) is 7.11 Å². The van der Waals surface area contributed by atoms with Gasteiger partial charge in [0.2, 0.25) is 0 Å². The van der Waals surface area contributed by atoms with Crippen LogP contribution in [0.5, 0.6) is 0 Å². The fourth-order valence-electron chi connectivity index (χ4n) is 2.35. The van der Waals surface area contributed by atoms with Crippen molar-refractivity contribution in [2.75, 3.05) is 7.11 Å². The lowest BCUT2D eigenvalue weighted by molar-refractivity contribution is -0.330. The molecule has 1 aromatic rings. The van der Waals surface area contributed by atoms with Gasteiger partial charge in [0, 0.05) is 0 Å². The molecule has 26 heavy (non-hydrogen) atoms. The molecule has 2 nitrogen and oxygen atoms in total. The number of carbonyl (C=O) groups is 1. The van der Waals surface area contributed by atoms with E-state index in [1.54, 1.807) is 24.3 Å². The van der Waals surface area contributed by atoms with E-state index in [-0.39, 0.29) is 5.41 Å². The second kappa shape index (κ2) is 7.32. The fourth-order valence-corrected chi connectivity index (χ4v) is 2.35. The van der Waals surface area contributed by atoms with Gasteiger partial charge < -0.3 is 4.74 Å². The molecule has 1 aromatic carbocycles. The second-order valence-electron chi connectivity index (χ2n) is 6.87. The number of hydrogen-bond donors (Lipinski definition) is 0. The summed E-state index contributed by atoms with van der Waals surface area (Å²) in [7, 11) is 0.490. The maximum Gasteiger partial charge on any atom is 0.414 e. The monoisotopic (exact) mass is 382 g/mol. The summed E-state index contributed by atoms with van der Waals surface area (Å²) in [6, 6.07) is 6.64. The highest BCUT2D eigenvalue weighted by Gasteiger charge is 2.75. The number of rotatable bonds is 4. The molecule has 1 rings (SSSR count). The van der Waals surface area contributed by atoms with Crippen LogP contribution in [0.15, 0.2) is 30.3 Å². The van der Waals surface area contributed by atoms with Gasteiger partial charge in [0.25, 0.3) is 5.41 Å². The Kier molecular flexibility index (Phi) is 6.21. The van der Waals surface area contributed by atoms with Gasteiger partial charge in [-0.3, -0.25) is 4.79 Å². The molecule has 8 heteroatoms. The molecular weight excluding hydrogens is 362 g/mol. The van der Waals surface area contributed by atoms with Crippen molar-refractivity contribution in [3.8, 4) is 0 Å². The van der Waals surface area contributed by atoms with E-state index in [1.165, 1.54) is 0 Å². The van der Waals surface area contributed by atoms with E-state index in [1.807, 2.05) is 20.8 Å². The number of esters is 1. The van der Waals surface area contributed by atoms with Crippen molar-refractivity contribution in [1.29, 1.82) is 0 Å². The molecule has 0 amide bonds. The highest BCUT2D eigenvalue weighted by Crippen LogP contribution is 2.53. The quantitative estimate of drug-likeness (QED) is 0.495. The van der Waals surface area contributed by atoms with Crippen molar-refractivity contribution < 1.29 is 35.9 Å². The van der Waals surface area contributed by atoms with E-state index < -0.39 is 30.2 Å². The lowest BCUT2D eigenvalue weighted by Gasteiger charge is -2.33.